The Morgan fingerprint density at radius 1 is 1.00 bits per heavy atom. The summed E-state index contributed by atoms with van der Waals surface area (Å²) in [5.41, 5.74) is 1.51. The first-order chi connectivity index (χ1) is 20.3. The second-order valence-corrected chi connectivity index (χ2v) is 12.1. The van der Waals surface area contributed by atoms with Crippen LogP contribution >= 0.6 is 0 Å². The van der Waals surface area contributed by atoms with E-state index in [9.17, 15) is 14.7 Å². The molecule has 42 heavy (non-hydrogen) atoms. The molecule has 1 fully saturated rings. The van der Waals surface area contributed by atoms with E-state index in [1.807, 2.05) is 49.4 Å². The van der Waals surface area contributed by atoms with Crippen molar-refractivity contribution in [1.82, 2.24) is 9.80 Å². The molecule has 3 atom stereocenters. The van der Waals surface area contributed by atoms with Gasteiger partial charge in [-0.2, -0.15) is 0 Å². The van der Waals surface area contributed by atoms with E-state index in [0.29, 0.717) is 41.7 Å². The minimum absolute atomic E-state index is 0.00229. The lowest BCUT2D eigenvalue weighted by molar-refractivity contribution is 0.0333. The molecule has 1 heterocycles. The predicted molar refractivity (Wildman–Crippen MR) is 168 cm³/mol. The first-order valence-electron chi connectivity index (χ1n) is 15.3. The number of benzene rings is 3. The van der Waals surface area contributed by atoms with Crippen LogP contribution in [0.25, 0.3) is 10.8 Å². The number of anilines is 2. The number of likely N-dealkylation sites (N-methyl/N-ethyl adjacent to an activating group) is 1. The van der Waals surface area contributed by atoms with E-state index in [0.717, 1.165) is 17.3 Å². The fraction of sp³-hybridized carbons (Fsp3) is 0.471. The summed E-state index contributed by atoms with van der Waals surface area (Å²) in [6, 6.07) is 18.1. The van der Waals surface area contributed by atoms with Crippen molar-refractivity contribution in [2.45, 2.75) is 58.1 Å². The largest absolute Gasteiger partial charge is 0.486 e. The molecule has 224 valence electrons. The lowest BCUT2D eigenvalue weighted by Gasteiger charge is -2.39. The number of urea groups is 1. The smallest absolute Gasteiger partial charge is 0.323 e. The summed E-state index contributed by atoms with van der Waals surface area (Å²) in [5, 5.41) is 17.9. The topological polar surface area (TPSA) is 94.1 Å². The van der Waals surface area contributed by atoms with Crippen molar-refractivity contribution in [2.75, 3.05) is 43.9 Å². The predicted octanol–water partition coefficient (Wildman–Crippen LogP) is 6.22. The maximum Gasteiger partial charge on any atom is 0.323 e. The van der Waals surface area contributed by atoms with Crippen LogP contribution in [0.4, 0.5) is 16.2 Å². The van der Waals surface area contributed by atoms with Crippen molar-refractivity contribution < 1.29 is 19.4 Å². The highest BCUT2D eigenvalue weighted by atomic mass is 16.5. The van der Waals surface area contributed by atoms with Crippen molar-refractivity contribution >= 4 is 34.1 Å². The molecule has 3 N–H and O–H groups in total. The summed E-state index contributed by atoms with van der Waals surface area (Å²) < 4.78 is 6.70. The number of carbonyl (C=O) groups is 2. The highest BCUT2D eigenvalue weighted by molar-refractivity contribution is 6.08. The molecular weight excluding hydrogens is 528 g/mol. The van der Waals surface area contributed by atoms with Gasteiger partial charge < -0.3 is 30.3 Å². The number of nitrogens with one attached hydrogen (secondary N) is 2. The number of amides is 3. The first kappa shape index (κ1) is 29.9. The van der Waals surface area contributed by atoms with Crippen molar-refractivity contribution in [3.63, 3.8) is 0 Å². The molecule has 1 saturated carbocycles. The molecule has 5 rings (SSSR count). The number of rotatable bonds is 8. The Morgan fingerprint density at radius 2 is 1.69 bits per heavy atom. The molecule has 8 nitrogen and oxygen atoms in total. The maximum atomic E-state index is 13.8. The Hall–Kier alpha value is -3.62. The molecule has 0 spiro atoms. The van der Waals surface area contributed by atoms with E-state index in [-0.39, 0.29) is 30.6 Å². The van der Waals surface area contributed by atoms with E-state index in [2.05, 4.69) is 29.5 Å². The molecule has 1 aliphatic carbocycles. The van der Waals surface area contributed by atoms with Gasteiger partial charge in [-0.1, -0.05) is 68.7 Å². The number of hydrogen-bond donors (Lipinski definition) is 3. The average molecular weight is 573 g/mol. The Bertz CT molecular complexity index is 1380. The lowest BCUT2D eigenvalue weighted by atomic mass is 9.89. The van der Waals surface area contributed by atoms with Crippen LogP contribution in [0.1, 0.15) is 56.3 Å². The van der Waals surface area contributed by atoms with Gasteiger partial charge in [0.05, 0.1) is 29.6 Å². The van der Waals surface area contributed by atoms with Gasteiger partial charge >= 0.3 is 6.03 Å². The first-order valence-corrected chi connectivity index (χ1v) is 15.3. The van der Waals surface area contributed by atoms with E-state index >= 15 is 0 Å². The zero-order valence-corrected chi connectivity index (χ0v) is 25.0. The molecule has 0 unspecified atom stereocenters. The molecule has 3 aromatic rings. The normalized spacial score (nSPS) is 20.4. The molecule has 8 heteroatoms. The third-order valence-corrected chi connectivity index (χ3v) is 8.76. The van der Waals surface area contributed by atoms with E-state index in [1.165, 1.54) is 32.1 Å². The van der Waals surface area contributed by atoms with Crippen LogP contribution < -0.4 is 15.4 Å². The van der Waals surface area contributed by atoms with Gasteiger partial charge in [-0.25, -0.2) is 4.79 Å². The number of aliphatic hydroxyl groups is 1. The van der Waals surface area contributed by atoms with Crippen molar-refractivity contribution in [3.8, 4) is 5.75 Å². The number of nitrogens with zero attached hydrogens (tertiary/aromatic N) is 2. The van der Waals surface area contributed by atoms with Gasteiger partial charge in [0.25, 0.3) is 5.91 Å². The Labute approximate surface area is 249 Å². The summed E-state index contributed by atoms with van der Waals surface area (Å²) in [7, 11) is 2.14. The number of para-hydroxylation sites is 1. The molecule has 0 bridgehead atoms. The highest BCUT2D eigenvalue weighted by Crippen LogP contribution is 2.35. The molecule has 0 saturated heterocycles. The van der Waals surface area contributed by atoms with Gasteiger partial charge in [0.1, 0.15) is 6.10 Å². The van der Waals surface area contributed by atoms with Gasteiger partial charge in [-0.3, -0.25) is 4.79 Å². The third-order valence-electron chi connectivity index (χ3n) is 8.76. The number of fused-ring (bicyclic) bond motifs is 2. The Morgan fingerprint density at radius 3 is 2.48 bits per heavy atom. The number of hydrogen-bond acceptors (Lipinski definition) is 5. The lowest BCUT2D eigenvalue weighted by Crippen LogP contribution is -2.50. The number of carbonyl (C=O) groups excluding carboxylic acids is 2. The second-order valence-electron chi connectivity index (χ2n) is 12.1. The monoisotopic (exact) mass is 572 g/mol. The third kappa shape index (κ3) is 6.88. The summed E-state index contributed by atoms with van der Waals surface area (Å²) in [6.45, 7) is 6.01. The van der Waals surface area contributed by atoms with Gasteiger partial charge in [-0.15, -0.1) is 0 Å². The molecule has 0 radical (unpaired) electrons. The van der Waals surface area contributed by atoms with Crippen LogP contribution in [0.2, 0.25) is 0 Å². The second kappa shape index (κ2) is 13.6. The van der Waals surface area contributed by atoms with Crippen molar-refractivity contribution in [1.29, 1.82) is 0 Å². The van der Waals surface area contributed by atoms with Gasteiger partial charge in [0.15, 0.2) is 5.75 Å². The summed E-state index contributed by atoms with van der Waals surface area (Å²) in [5.74, 6) is 0.851. The molecular formula is C34H44N4O4. The fourth-order valence-electron chi connectivity index (χ4n) is 6.36. The fourth-order valence-corrected chi connectivity index (χ4v) is 6.36. The molecule has 3 amide bonds. The van der Waals surface area contributed by atoms with Gasteiger partial charge in [-0.05, 0) is 56.3 Å². The van der Waals surface area contributed by atoms with Crippen LogP contribution in [0.15, 0.2) is 60.7 Å². The minimum Gasteiger partial charge on any atom is -0.486 e. The Kier molecular flexibility index (Phi) is 9.65. The molecule has 3 aromatic carbocycles. The standard InChI is InChI=1S/C34H44N4O4/c1-23-19-38(24(2)22-39)33(40)28-16-10-18-30(32(28)42-31(23)21-37(3)20-25-11-5-4-6-12-25)36-34(41)35-29-17-9-14-26-13-7-8-15-27(26)29/h7-10,13-18,23-25,31,39H,4-6,11-12,19-22H2,1-3H3,(H2,35,36,41)/t23-,24-,31-/m0/s1. The van der Waals surface area contributed by atoms with E-state index < -0.39 is 6.03 Å². The van der Waals surface area contributed by atoms with Crippen LogP contribution in [0.5, 0.6) is 5.75 Å². The summed E-state index contributed by atoms with van der Waals surface area (Å²) in [6.07, 6.45) is 6.25. The molecule has 0 aromatic heterocycles. The minimum atomic E-state index is -0.419. The maximum absolute atomic E-state index is 13.8. The van der Waals surface area contributed by atoms with Crippen LogP contribution in [-0.4, -0.2) is 72.3 Å². The zero-order valence-electron chi connectivity index (χ0n) is 25.0. The Balaban J connectivity index is 1.42. The van der Waals surface area contributed by atoms with Crippen LogP contribution in [0, 0.1) is 11.8 Å². The van der Waals surface area contributed by atoms with Gasteiger partial charge in [0, 0.05) is 30.9 Å². The van der Waals surface area contributed by atoms with Crippen molar-refractivity contribution in [3.05, 3.63) is 66.2 Å². The average Bonchev–Trinajstić information content (AvgIpc) is 2.99. The number of ether oxygens (including phenoxy) is 1. The molecule has 2 aliphatic rings. The van der Waals surface area contributed by atoms with Crippen LogP contribution in [0.3, 0.4) is 0 Å². The SMILES string of the molecule is C[C@H]1CN([C@@H](C)CO)C(=O)c2cccc(NC(=O)Nc3cccc4ccccc34)c2O[C@H]1CN(C)CC1CCCCC1. The summed E-state index contributed by atoms with van der Waals surface area (Å²) >= 11 is 0. The van der Waals surface area contributed by atoms with Gasteiger partial charge in [0.2, 0.25) is 0 Å². The van der Waals surface area contributed by atoms with Crippen LogP contribution in [-0.2, 0) is 0 Å². The zero-order chi connectivity index (χ0) is 29.6. The highest BCUT2D eigenvalue weighted by Gasteiger charge is 2.35. The summed E-state index contributed by atoms with van der Waals surface area (Å²) in [4.78, 5) is 31.2. The van der Waals surface area contributed by atoms with Crippen molar-refractivity contribution in [2.24, 2.45) is 11.8 Å². The number of aliphatic hydroxyl groups excluding tert-OH is 1. The van der Waals surface area contributed by atoms with E-state index in [1.54, 1.807) is 23.1 Å². The molecule has 1 aliphatic heterocycles. The quantitative estimate of drug-likeness (QED) is 0.298. The van der Waals surface area contributed by atoms with E-state index in [4.69, 9.17) is 4.74 Å².